The summed E-state index contributed by atoms with van der Waals surface area (Å²) in [5, 5.41) is 0. The number of rotatable bonds is 1. The Morgan fingerprint density at radius 3 is 2.12 bits per heavy atom. The molecule has 2 heteroatoms. The van der Waals surface area contributed by atoms with Crippen molar-refractivity contribution in [2.75, 3.05) is 1.28 Å². The van der Waals surface area contributed by atoms with Gasteiger partial charge in [-0.25, -0.2) is 0 Å². The van der Waals surface area contributed by atoms with E-state index in [9.17, 15) is 0 Å². The van der Waals surface area contributed by atoms with Gasteiger partial charge in [0, 0.05) is 0 Å². The molecule has 0 radical (unpaired) electrons. The van der Waals surface area contributed by atoms with E-state index < -0.39 is 0 Å². The Morgan fingerprint density at radius 1 is 1.12 bits per heavy atom. The topological polar surface area (TPSA) is 12.0 Å². The van der Waals surface area contributed by atoms with Crippen molar-refractivity contribution in [2.45, 2.75) is 0 Å². The van der Waals surface area contributed by atoms with Gasteiger partial charge in [-0.05, 0) is 0 Å². The summed E-state index contributed by atoms with van der Waals surface area (Å²) in [4.78, 5) is 0. The maximum atomic E-state index is 3.17. The summed E-state index contributed by atoms with van der Waals surface area (Å²) in [6, 6.07) is 10.2. The molecule has 0 saturated carbocycles. The molecular weight excluding hydrogens is 226 g/mol. The van der Waals surface area contributed by atoms with Crippen LogP contribution in [0.4, 0.5) is 5.69 Å². The van der Waals surface area contributed by atoms with E-state index in [-0.39, 0.29) is 0 Å². The third-order valence-corrected chi connectivity index (χ3v) is 1.82. The van der Waals surface area contributed by atoms with Crippen molar-refractivity contribution in [2.24, 2.45) is 0 Å². The van der Waals surface area contributed by atoms with Gasteiger partial charge < -0.3 is 0 Å². The van der Waals surface area contributed by atoms with Crippen molar-refractivity contribution in [1.82, 2.24) is 0 Å². The van der Waals surface area contributed by atoms with Crippen LogP contribution in [0.2, 0.25) is 0 Å². The van der Waals surface area contributed by atoms with Crippen molar-refractivity contribution in [3.63, 3.8) is 0 Å². The van der Waals surface area contributed by atoms with Crippen molar-refractivity contribution in [3.8, 4) is 0 Å². The van der Waals surface area contributed by atoms with Gasteiger partial charge in [-0.3, -0.25) is 0 Å². The van der Waals surface area contributed by atoms with Gasteiger partial charge in [0.1, 0.15) is 0 Å². The second kappa shape index (κ2) is 3.43. The van der Waals surface area contributed by atoms with Gasteiger partial charge in [0.25, 0.3) is 0 Å². The van der Waals surface area contributed by atoms with E-state index in [1.165, 1.54) is 5.69 Å². The monoisotopic (exact) mass is 232 g/mol. The minimum absolute atomic E-state index is 1.03. The Labute approximate surface area is 76.5 Å². The van der Waals surface area contributed by atoms with E-state index >= 15 is 0 Å². The first-order valence-corrected chi connectivity index (χ1v) is 3.98. The summed E-state index contributed by atoms with van der Waals surface area (Å²) in [5.41, 5.74) is 1.22. The number of hydrogen-bond acceptors (Lipinski definition) is 1. The van der Waals surface area contributed by atoms with Crippen molar-refractivity contribution < 1.29 is 40.0 Å². The van der Waals surface area contributed by atoms with Gasteiger partial charge >= 0.3 is 77.3 Å². The third-order valence-electron chi connectivity index (χ3n) is 0.918. The van der Waals surface area contributed by atoms with E-state index in [0.29, 0.717) is 0 Å². The molecule has 0 saturated heterocycles. The Hall–Kier alpha value is 0.397. The predicted octanol–water partition coefficient (Wildman–Crippen LogP) is 1.56. The van der Waals surface area contributed by atoms with Gasteiger partial charge in [0.15, 0.2) is 0 Å². The van der Waals surface area contributed by atoms with E-state index in [0.717, 1.165) is 40.0 Å². The van der Waals surface area contributed by atoms with E-state index in [1.54, 1.807) is 0 Å². The molecule has 1 nitrogen and oxygen atoms in total. The van der Waals surface area contributed by atoms with E-state index in [4.69, 9.17) is 0 Å². The van der Waals surface area contributed by atoms with Crippen molar-refractivity contribution >= 4 is 5.69 Å². The Kier molecular flexibility index (Phi) is 2.79. The zero-order chi connectivity index (χ0) is 5.82. The van der Waals surface area contributed by atoms with Crippen LogP contribution in [0, 0.1) is 40.0 Å². The summed E-state index contributed by atoms with van der Waals surface area (Å²) in [7, 11) is 0. The van der Waals surface area contributed by atoms with Gasteiger partial charge in [-0.1, -0.05) is 0 Å². The fraction of sp³-hybridized carbons (Fsp3) is 0. The first-order valence-electron chi connectivity index (χ1n) is 2.41. The Morgan fingerprint density at radius 2 is 1.75 bits per heavy atom. The summed E-state index contributed by atoms with van der Waals surface area (Å²) in [6.45, 7) is 0. The molecular formula is C6H6CeN. The van der Waals surface area contributed by atoms with Crippen LogP contribution in [0.5, 0.6) is 0 Å². The molecule has 0 fully saturated rings. The number of anilines is 1. The van der Waals surface area contributed by atoms with Crippen LogP contribution in [0.1, 0.15) is 0 Å². The molecule has 0 unspecified atom stereocenters. The quantitative estimate of drug-likeness (QED) is 0.775. The molecule has 1 N–H and O–H groups in total. The van der Waals surface area contributed by atoms with Crippen LogP contribution in [0.25, 0.3) is 0 Å². The van der Waals surface area contributed by atoms with Crippen molar-refractivity contribution in [1.29, 1.82) is 0 Å². The standard InChI is InChI=1S/C6H6N.Ce/c7-6-4-2-1-3-5-6;/h1-5,7H;/q-1;+1. The molecule has 1 aromatic rings. The number of hydrogen-bond donors (Lipinski definition) is 1. The van der Waals surface area contributed by atoms with Crippen LogP contribution in [0.3, 0.4) is 0 Å². The van der Waals surface area contributed by atoms with Gasteiger partial charge in [-0.2, -0.15) is 0 Å². The van der Waals surface area contributed by atoms with Crippen LogP contribution in [-0.2, 0) is 0 Å². The second-order valence-corrected chi connectivity index (χ2v) is 2.28. The average molecular weight is 232 g/mol. The maximum absolute atomic E-state index is 3.17. The fourth-order valence-electron chi connectivity index (χ4n) is 0.521. The van der Waals surface area contributed by atoms with Gasteiger partial charge in [-0.15, -0.1) is 0 Å². The molecule has 0 bridgehead atoms. The molecule has 0 aromatic heterocycles. The van der Waals surface area contributed by atoms with Gasteiger partial charge in [0.2, 0.25) is 0 Å². The summed E-state index contributed by atoms with van der Waals surface area (Å²) >= 11 is 1.03. The predicted molar refractivity (Wildman–Crippen MR) is 30.1 cm³/mol. The Bertz CT molecular complexity index is 150. The molecule has 0 heterocycles. The van der Waals surface area contributed by atoms with Crippen molar-refractivity contribution in [3.05, 3.63) is 30.3 Å². The fourth-order valence-corrected chi connectivity index (χ4v) is 1.04. The molecule has 0 aliphatic heterocycles. The first-order chi connectivity index (χ1) is 3.93. The average Bonchev–Trinajstić information content (AvgIpc) is 1.90. The molecule has 39 valence electrons. The zero-order valence-corrected chi connectivity index (χ0v) is 7.53. The van der Waals surface area contributed by atoms with Gasteiger partial charge in [0.05, 0.1) is 0 Å². The molecule has 1 aromatic carbocycles. The second-order valence-electron chi connectivity index (χ2n) is 1.49. The van der Waals surface area contributed by atoms with E-state index in [2.05, 4.69) is 13.4 Å². The SMILES string of the molecule is [Ce][NH]c1ccccc1. The summed E-state index contributed by atoms with van der Waals surface area (Å²) in [6.07, 6.45) is 0. The molecule has 1 rings (SSSR count). The minimum atomic E-state index is 1.03. The molecule has 0 aliphatic rings. The zero-order valence-electron chi connectivity index (χ0n) is 4.39. The Balaban J connectivity index is 2.83. The summed E-state index contributed by atoms with van der Waals surface area (Å²) in [5.74, 6) is 0. The number of nitrogens with one attached hydrogen (secondary N) is 1. The molecule has 8 heavy (non-hydrogen) atoms. The first kappa shape index (κ1) is 6.52. The van der Waals surface area contributed by atoms with Crippen LogP contribution >= 0.6 is 0 Å². The molecule has 0 atom stereocenters. The van der Waals surface area contributed by atoms with Crippen LogP contribution < -0.4 is 1.28 Å². The summed E-state index contributed by atoms with van der Waals surface area (Å²) < 4.78 is 3.17. The molecule has 0 spiro atoms. The normalized spacial score (nSPS) is 8.38. The number of benzene rings is 1. The van der Waals surface area contributed by atoms with Crippen LogP contribution in [0.15, 0.2) is 30.3 Å². The van der Waals surface area contributed by atoms with Crippen LogP contribution in [-0.4, -0.2) is 0 Å². The third kappa shape index (κ3) is 1.72. The number of para-hydroxylation sites is 1. The molecule has 0 aliphatic carbocycles. The molecule has 0 amide bonds. The van der Waals surface area contributed by atoms with E-state index in [1.807, 2.05) is 18.2 Å².